The smallest absolute Gasteiger partial charge is 0.257 e. The average Bonchev–Trinajstić information content (AvgIpc) is 2.56. The van der Waals surface area contributed by atoms with E-state index in [1.165, 1.54) is 7.11 Å². The molecule has 23 heavy (non-hydrogen) atoms. The van der Waals surface area contributed by atoms with E-state index < -0.39 is 0 Å². The third-order valence-corrected chi connectivity index (χ3v) is 3.74. The number of ether oxygens (including phenoxy) is 3. The summed E-state index contributed by atoms with van der Waals surface area (Å²) in [6.07, 6.45) is 2.24. The number of nitrogens with zero attached hydrogens (tertiary/aromatic N) is 1. The Morgan fingerprint density at radius 2 is 2.04 bits per heavy atom. The van der Waals surface area contributed by atoms with Gasteiger partial charge in [0.2, 0.25) is 0 Å². The van der Waals surface area contributed by atoms with Gasteiger partial charge in [0, 0.05) is 26.2 Å². The quantitative estimate of drug-likeness (QED) is 0.496. The van der Waals surface area contributed by atoms with Crippen molar-refractivity contribution in [2.24, 2.45) is 5.92 Å². The van der Waals surface area contributed by atoms with Crippen LogP contribution in [0.25, 0.3) is 0 Å². The lowest BCUT2D eigenvalue weighted by atomic mass is 9.96. The van der Waals surface area contributed by atoms with E-state index in [1.807, 2.05) is 13.1 Å². The van der Waals surface area contributed by atoms with E-state index in [4.69, 9.17) is 14.2 Å². The number of hydrogen-bond donors (Lipinski definition) is 1. The number of methoxy groups -OCH3 is 2. The van der Waals surface area contributed by atoms with Crippen LogP contribution >= 0.6 is 0 Å². The van der Waals surface area contributed by atoms with Gasteiger partial charge in [-0.15, -0.1) is 0 Å². The first-order valence-electron chi connectivity index (χ1n) is 7.89. The average molecular weight is 324 g/mol. The Kier molecular flexibility index (Phi) is 8.58. The third-order valence-electron chi connectivity index (χ3n) is 3.74. The molecule has 0 aliphatic heterocycles. The highest BCUT2D eigenvalue weighted by atomic mass is 16.5. The third kappa shape index (κ3) is 5.80. The lowest BCUT2D eigenvalue weighted by Gasteiger charge is -2.21. The Hall–Kier alpha value is -1.66. The zero-order chi connectivity index (χ0) is 17.2. The van der Waals surface area contributed by atoms with Crippen LogP contribution in [0.2, 0.25) is 0 Å². The monoisotopic (exact) mass is 324 g/mol. The molecular weight excluding hydrogens is 296 g/mol. The summed E-state index contributed by atoms with van der Waals surface area (Å²) in [5, 5.41) is 3.28. The second kappa shape index (κ2) is 10.2. The maximum Gasteiger partial charge on any atom is 0.257 e. The van der Waals surface area contributed by atoms with Gasteiger partial charge in [-0.2, -0.15) is 0 Å². The van der Waals surface area contributed by atoms with Crippen LogP contribution in [-0.2, 0) is 11.2 Å². The van der Waals surface area contributed by atoms with Gasteiger partial charge in [-0.1, -0.05) is 13.8 Å². The minimum Gasteiger partial charge on any atom is -0.488 e. The van der Waals surface area contributed by atoms with Gasteiger partial charge in [0.1, 0.15) is 5.69 Å². The standard InChI is InChI=1S/C17H28N2O4/c1-12(2)14(18-3)9-13-10-16(23-8-6-7-21-4)17(22-5)19-15(13)11-20/h10-12,14,18H,6-9H2,1-5H3/t14-/m0/s1. The zero-order valence-electron chi connectivity index (χ0n) is 14.7. The first kappa shape index (κ1) is 19.4. The van der Waals surface area contributed by atoms with Gasteiger partial charge < -0.3 is 19.5 Å². The van der Waals surface area contributed by atoms with Gasteiger partial charge in [-0.3, -0.25) is 4.79 Å². The molecule has 0 spiro atoms. The molecule has 1 rings (SSSR count). The molecule has 1 heterocycles. The molecule has 1 aromatic heterocycles. The van der Waals surface area contributed by atoms with Crippen LogP contribution in [0.15, 0.2) is 6.07 Å². The molecule has 0 radical (unpaired) electrons. The summed E-state index contributed by atoms with van der Waals surface area (Å²) in [6.45, 7) is 5.41. The number of aromatic nitrogens is 1. The van der Waals surface area contributed by atoms with Crippen molar-refractivity contribution in [1.29, 1.82) is 0 Å². The van der Waals surface area contributed by atoms with Crippen LogP contribution in [0.3, 0.4) is 0 Å². The van der Waals surface area contributed by atoms with E-state index in [-0.39, 0.29) is 6.04 Å². The highest BCUT2D eigenvalue weighted by Gasteiger charge is 2.18. The normalized spacial score (nSPS) is 12.3. The molecule has 0 aliphatic carbocycles. The second-order valence-electron chi connectivity index (χ2n) is 5.70. The number of aldehydes is 1. The number of carbonyl (C=O) groups excluding carboxylic acids is 1. The minimum absolute atomic E-state index is 0.255. The highest BCUT2D eigenvalue weighted by Crippen LogP contribution is 2.28. The number of likely N-dealkylation sites (N-methyl/N-ethyl adjacent to an activating group) is 1. The summed E-state index contributed by atoms with van der Waals surface area (Å²) in [5.74, 6) is 1.33. The molecule has 0 saturated carbocycles. The van der Waals surface area contributed by atoms with Crippen LogP contribution in [0.1, 0.15) is 36.3 Å². The topological polar surface area (TPSA) is 69.7 Å². The van der Waals surface area contributed by atoms with Crippen LogP contribution in [0.4, 0.5) is 0 Å². The van der Waals surface area contributed by atoms with E-state index >= 15 is 0 Å². The molecule has 0 bridgehead atoms. The lowest BCUT2D eigenvalue weighted by Crippen LogP contribution is -2.33. The van der Waals surface area contributed by atoms with Crippen LogP contribution in [0.5, 0.6) is 11.6 Å². The highest BCUT2D eigenvalue weighted by molar-refractivity contribution is 5.75. The lowest BCUT2D eigenvalue weighted by molar-refractivity contribution is 0.111. The summed E-state index contributed by atoms with van der Waals surface area (Å²) in [6, 6.07) is 2.11. The van der Waals surface area contributed by atoms with Crippen LogP contribution < -0.4 is 14.8 Å². The van der Waals surface area contributed by atoms with Gasteiger partial charge in [0.05, 0.1) is 13.7 Å². The second-order valence-corrected chi connectivity index (χ2v) is 5.70. The molecule has 0 fully saturated rings. The Morgan fingerprint density at radius 1 is 1.30 bits per heavy atom. The first-order valence-corrected chi connectivity index (χ1v) is 7.89. The summed E-state index contributed by atoms with van der Waals surface area (Å²) < 4.78 is 16.0. The van der Waals surface area contributed by atoms with Crippen molar-refractivity contribution in [2.75, 3.05) is 34.5 Å². The minimum atomic E-state index is 0.255. The Bertz CT molecular complexity index is 492. The largest absolute Gasteiger partial charge is 0.488 e. The van der Waals surface area contributed by atoms with Crippen molar-refractivity contribution in [3.05, 3.63) is 17.3 Å². The number of pyridine rings is 1. The molecule has 0 aromatic carbocycles. The predicted octanol–water partition coefficient (Wildman–Crippen LogP) is 2.10. The van der Waals surface area contributed by atoms with Crippen molar-refractivity contribution in [1.82, 2.24) is 10.3 Å². The molecule has 0 aliphatic rings. The Balaban J connectivity index is 3.00. The maximum atomic E-state index is 11.3. The van der Waals surface area contributed by atoms with E-state index in [0.29, 0.717) is 42.9 Å². The molecule has 1 aromatic rings. The van der Waals surface area contributed by atoms with Crippen molar-refractivity contribution >= 4 is 6.29 Å². The van der Waals surface area contributed by atoms with Gasteiger partial charge in [0.15, 0.2) is 12.0 Å². The van der Waals surface area contributed by atoms with E-state index in [9.17, 15) is 4.79 Å². The molecule has 1 N–H and O–H groups in total. The molecule has 6 nitrogen and oxygen atoms in total. The molecule has 1 atom stereocenters. The molecule has 6 heteroatoms. The first-order chi connectivity index (χ1) is 11.1. The fourth-order valence-electron chi connectivity index (χ4n) is 2.34. The van der Waals surface area contributed by atoms with Crippen molar-refractivity contribution in [3.8, 4) is 11.6 Å². The maximum absolute atomic E-state index is 11.3. The number of nitrogens with one attached hydrogen (secondary N) is 1. The molecule has 0 saturated heterocycles. The Labute approximate surface area is 138 Å². The van der Waals surface area contributed by atoms with Gasteiger partial charge in [-0.05, 0) is 31.0 Å². The molecule has 0 amide bonds. The fourth-order valence-corrected chi connectivity index (χ4v) is 2.34. The van der Waals surface area contributed by atoms with E-state index in [2.05, 4.69) is 24.1 Å². The van der Waals surface area contributed by atoms with Gasteiger partial charge >= 0.3 is 0 Å². The number of hydrogen-bond acceptors (Lipinski definition) is 6. The molecule has 0 unspecified atom stereocenters. The summed E-state index contributed by atoms with van der Waals surface area (Å²) in [5.41, 5.74) is 1.25. The molecular formula is C17H28N2O4. The zero-order valence-corrected chi connectivity index (χ0v) is 14.7. The SMILES string of the molecule is CN[C@@H](Cc1cc(OCCCOC)c(OC)nc1C=O)C(C)C. The van der Waals surface area contributed by atoms with Crippen molar-refractivity contribution < 1.29 is 19.0 Å². The van der Waals surface area contributed by atoms with Crippen molar-refractivity contribution in [2.45, 2.75) is 32.7 Å². The Morgan fingerprint density at radius 3 is 2.57 bits per heavy atom. The number of carbonyl (C=O) groups is 1. The van der Waals surface area contributed by atoms with Crippen LogP contribution in [-0.4, -0.2) is 51.8 Å². The van der Waals surface area contributed by atoms with E-state index in [0.717, 1.165) is 18.3 Å². The summed E-state index contributed by atoms with van der Waals surface area (Å²) in [7, 11) is 5.09. The van der Waals surface area contributed by atoms with Crippen LogP contribution in [0, 0.1) is 5.92 Å². The van der Waals surface area contributed by atoms with E-state index in [1.54, 1.807) is 7.11 Å². The summed E-state index contributed by atoms with van der Waals surface area (Å²) >= 11 is 0. The fraction of sp³-hybridized carbons (Fsp3) is 0.647. The number of rotatable bonds is 11. The predicted molar refractivity (Wildman–Crippen MR) is 89.6 cm³/mol. The summed E-state index contributed by atoms with van der Waals surface area (Å²) in [4.78, 5) is 15.6. The van der Waals surface area contributed by atoms with Gasteiger partial charge in [0.25, 0.3) is 5.88 Å². The van der Waals surface area contributed by atoms with Gasteiger partial charge in [-0.25, -0.2) is 4.98 Å². The van der Waals surface area contributed by atoms with Crippen molar-refractivity contribution in [3.63, 3.8) is 0 Å². The molecule has 130 valence electrons.